The van der Waals surface area contributed by atoms with Crippen LogP contribution in [0, 0.1) is 0 Å². The number of hydrogen-bond donors (Lipinski definition) is 0. The maximum absolute atomic E-state index is 2.65. The molecule has 9 aromatic carbocycles. The molecule has 0 radical (unpaired) electrons. The molecule has 0 aliphatic carbocycles. The van der Waals surface area contributed by atoms with Crippen molar-refractivity contribution in [3.8, 4) is 0 Å². The van der Waals surface area contributed by atoms with Crippen molar-refractivity contribution in [3.63, 3.8) is 0 Å². The highest BCUT2D eigenvalue weighted by Gasteiger charge is 2.44. The smallest absolute Gasteiger partial charge is 0.247 e. The Labute approximate surface area is 430 Å². The summed E-state index contributed by atoms with van der Waals surface area (Å²) in [6.07, 6.45) is 0. The van der Waals surface area contributed by atoms with Crippen LogP contribution in [0.2, 0.25) is 0 Å². The molecular weight excluding hydrogens is 923 g/mol. The standard InChI is InChI=1S/C62H50B2N2S4/c1-61(2,3)39-27-29-47-51(31-39)67-55-33-45(65(41-19-11-7-12-20-41)42-21-13-8-14-22-42)35-57-59(55)63(47)49-37-50-54(38-53(49)69-57)70-58-36-46(66(43-23-15-9-16-24-43)44-25-17-10-18-26-44)34-56-60(58)64(50)48-30-28-40(62(4,5)6)32-52(48)68-56/h7-38H,1-6H3. The van der Waals surface area contributed by atoms with Gasteiger partial charge in [0, 0.05) is 73.3 Å². The van der Waals surface area contributed by atoms with E-state index in [9.17, 15) is 0 Å². The van der Waals surface area contributed by atoms with Crippen molar-refractivity contribution in [2.75, 3.05) is 9.80 Å². The van der Waals surface area contributed by atoms with Gasteiger partial charge in [0.1, 0.15) is 0 Å². The maximum Gasteiger partial charge on any atom is 0.247 e. The monoisotopic (exact) mass is 972 g/mol. The van der Waals surface area contributed by atoms with Gasteiger partial charge in [-0.05, 0) is 124 Å². The molecule has 338 valence electrons. The maximum atomic E-state index is 2.65. The van der Waals surface area contributed by atoms with Crippen LogP contribution >= 0.6 is 47.0 Å². The summed E-state index contributed by atoms with van der Waals surface area (Å²) in [6.45, 7) is 14.2. The molecule has 0 bridgehead atoms. The summed E-state index contributed by atoms with van der Waals surface area (Å²) in [5.41, 5.74) is 18.3. The molecule has 0 unspecified atom stereocenters. The molecule has 13 rings (SSSR count). The van der Waals surface area contributed by atoms with Crippen molar-refractivity contribution >= 4 is 127 Å². The highest BCUT2D eigenvalue weighted by molar-refractivity contribution is 8.02. The number of para-hydroxylation sites is 4. The van der Waals surface area contributed by atoms with Crippen molar-refractivity contribution in [2.24, 2.45) is 0 Å². The lowest BCUT2D eigenvalue weighted by atomic mass is 9.33. The van der Waals surface area contributed by atoms with Gasteiger partial charge in [0.05, 0.1) is 0 Å². The topological polar surface area (TPSA) is 6.48 Å². The lowest BCUT2D eigenvalue weighted by molar-refractivity contribution is 0.588. The first-order chi connectivity index (χ1) is 33.9. The lowest BCUT2D eigenvalue weighted by Crippen LogP contribution is -2.62. The first-order valence-electron chi connectivity index (χ1n) is 24.3. The Morgan fingerprint density at radius 2 is 0.586 bits per heavy atom. The highest BCUT2D eigenvalue weighted by Crippen LogP contribution is 2.48. The minimum absolute atomic E-state index is 0.0281. The molecule has 0 spiro atoms. The van der Waals surface area contributed by atoms with Crippen molar-refractivity contribution < 1.29 is 0 Å². The third-order valence-corrected chi connectivity index (χ3v) is 18.9. The minimum Gasteiger partial charge on any atom is -0.310 e. The summed E-state index contributed by atoms with van der Waals surface area (Å²) in [5.74, 6) is 0. The Bertz CT molecular complexity index is 3230. The van der Waals surface area contributed by atoms with Gasteiger partial charge in [-0.3, -0.25) is 0 Å². The minimum atomic E-state index is 0.0281. The summed E-state index contributed by atoms with van der Waals surface area (Å²) >= 11 is 7.83. The number of fused-ring (bicyclic) bond motifs is 8. The molecule has 0 N–H and O–H groups in total. The second-order valence-electron chi connectivity index (χ2n) is 20.9. The summed E-state index contributed by atoms with van der Waals surface area (Å²) in [7, 11) is 0. The van der Waals surface area contributed by atoms with Crippen LogP contribution in [0.4, 0.5) is 34.1 Å². The zero-order valence-electron chi connectivity index (χ0n) is 40.2. The Morgan fingerprint density at radius 1 is 0.286 bits per heavy atom. The molecule has 4 aliphatic rings. The number of anilines is 6. The van der Waals surface area contributed by atoms with E-state index in [4.69, 9.17) is 0 Å². The highest BCUT2D eigenvalue weighted by atomic mass is 32.2. The van der Waals surface area contributed by atoms with Gasteiger partial charge in [0.25, 0.3) is 0 Å². The molecule has 0 aromatic heterocycles. The first kappa shape index (κ1) is 44.1. The Morgan fingerprint density at radius 3 is 0.886 bits per heavy atom. The van der Waals surface area contributed by atoms with E-state index in [0.29, 0.717) is 0 Å². The largest absolute Gasteiger partial charge is 0.310 e. The summed E-state index contributed by atoms with van der Waals surface area (Å²) in [6, 6.07) is 73.2. The third kappa shape index (κ3) is 7.48. The van der Waals surface area contributed by atoms with Crippen LogP contribution in [0.5, 0.6) is 0 Å². The fraction of sp³-hybridized carbons (Fsp3) is 0.129. The van der Waals surface area contributed by atoms with Crippen LogP contribution < -0.4 is 42.6 Å². The normalized spacial score (nSPS) is 13.9. The number of benzene rings is 9. The molecule has 0 fully saturated rings. The van der Waals surface area contributed by atoms with Crippen molar-refractivity contribution in [1.29, 1.82) is 0 Å². The van der Waals surface area contributed by atoms with E-state index < -0.39 is 0 Å². The Hall–Kier alpha value is -5.89. The van der Waals surface area contributed by atoms with E-state index in [1.165, 1.54) is 94.4 Å². The molecule has 0 amide bonds. The van der Waals surface area contributed by atoms with Crippen molar-refractivity contribution in [3.05, 3.63) is 205 Å². The fourth-order valence-electron chi connectivity index (χ4n) is 10.9. The van der Waals surface area contributed by atoms with E-state index in [1.807, 2.05) is 47.0 Å². The second-order valence-corrected chi connectivity index (χ2v) is 25.3. The number of nitrogens with zero attached hydrogens (tertiary/aromatic N) is 2. The molecule has 9 aromatic rings. The first-order valence-corrected chi connectivity index (χ1v) is 27.6. The lowest BCUT2D eigenvalue weighted by Gasteiger charge is -2.38. The third-order valence-electron chi connectivity index (χ3n) is 14.4. The molecule has 4 heterocycles. The van der Waals surface area contributed by atoms with Crippen LogP contribution in [-0.2, 0) is 10.8 Å². The van der Waals surface area contributed by atoms with Crippen LogP contribution in [0.25, 0.3) is 0 Å². The number of rotatable bonds is 6. The van der Waals surface area contributed by atoms with Gasteiger partial charge < -0.3 is 9.80 Å². The van der Waals surface area contributed by atoms with Gasteiger partial charge in [0.15, 0.2) is 0 Å². The van der Waals surface area contributed by atoms with E-state index in [1.54, 1.807) is 0 Å². The SMILES string of the molecule is CC(C)(C)c1ccc2c(c1)Sc1cc(N(c3ccccc3)c3ccccc3)cc3c1B2c1cc2c(cc1S3)Sc1cc(N(c3ccccc3)c3ccccc3)cc3c1B2c1ccc(C(C)(C)C)cc1S3. The van der Waals surface area contributed by atoms with Gasteiger partial charge in [-0.15, -0.1) is 0 Å². The van der Waals surface area contributed by atoms with Crippen molar-refractivity contribution in [2.45, 2.75) is 91.5 Å². The zero-order chi connectivity index (χ0) is 47.5. The van der Waals surface area contributed by atoms with Gasteiger partial charge in [-0.25, -0.2) is 0 Å². The Balaban J connectivity index is 1.02. The fourth-order valence-corrected chi connectivity index (χ4v) is 16.0. The average molecular weight is 973 g/mol. The molecule has 70 heavy (non-hydrogen) atoms. The molecule has 0 atom stereocenters. The predicted molar refractivity (Wildman–Crippen MR) is 305 cm³/mol. The molecule has 2 nitrogen and oxygen atoms in total. The van der Waals surface area contributed by atoms with E-state index in [-0.39, 0.29) is 24.3 Å². The van der Waals surface area contributed by atoms with Crippen LogP contribution in [0.3, 0.4) is 0 Å². The van der Waals surface area contributed by atoms with Gasteiger partial charge in [-0.2, -0.15) is 0 Å². The molecular formula is C62H50B2N2S4. The zero-order valence-corrected chi connectivity index (χ0v) is 43.4. The van der Waals surface area contributed by atoms with Gasteiger partial charge >= 0.3 is 0 Å². The molecule has 4 aliphatic heterocycles. The summed E-state index contributed by atoms with van der Waals surface area (Å²) < 4.78 is 0. The van der Waals surface area contributed by atoms with Crippen LogP contribution in [0.15, 0.2) is 233 Å². The predicted octanol–water partition coefficient (Wildman–Crippen LogP) is 14.1. The molecule has 8 heteroatoms. The van der Waals surface area contributed by atoms with Crippen LogP contribution in [-0.4, -0.2) is 13.4 Å². The van der Waals surface area contributed by atoms with E-state index >= 15 is 0 Å². The molecule has 0 saturated carbocycles. The van der Waals surface area contributed by atoms with Gasteiger partial charge in [0.2, 0.25) is 13.4 Å². The number of hydrogen-bond acceptors (Lipinski definition) is 6. The molecule has 0 saturated heterocycles. The van der Waals surface area contributed by atoms with E-state index in [0.717, 1.165) is 22.7 Å². The van der Waals surface area contributed by atoms with Crippen molar-refractivity contribution in [1.82, 2.24) is 0 Å². The summed E-state index contributed by atoms with van der Waals surface area (Å²) in [5, 5.41) is 0. The average Bonchev–Trinajstić information content (AvgIpc) is 3.36. The Kier molecular flexibility index (Phi) is 10.6. The second kappa shape index (κ2) is 16.9. The quantitative estimate of drug-likeness (QED) is 0.152. The summed E-state index contributed by atoms with van der Waals surface area (Å²) in [4.78, 5) is 15.6. The van der Waals surface area contributed by atoms with E-state index in [2.05, 4.69) is 245 Å². The van der Waals surface area contributed by atoms with Gasteiger partial charge in [-0.1, -0.05) is 214 Å². The van der Waals surface area contributed by atoms with Crippen LogP contribution in [0.1, 0.15) is 52.7 Å².